The Balaban J connectivity index is 2.27. The van der Waals surface area contributed by atoms with Gasteiger partial charge in [-0.15, -0.1) is 0 Å². The van der Waals surface area contributed by atoms with Gasteiger partial charge in [-0.05, 0) is 19.1 Å². The highest BCUT2D eigenvalue weighted by Crippen LogP contribution is 2.28. The van der Waals surface area contributed by atoms with Crippen LogP contribution in [0.5, 0.6) is 5.75 Å². The first-order valence-corrected chi connectivity index (χ1v) is 8.12. The summed E-state index contributed by atoms with van der Waals surface area (Å²) < 4.78 is 66.3. The smallest absolute Gasteiger partial charge is 0.254 e. The summed E-state index contributed by atoms with van der Waals surface area (Å²) in [6.07, 6.45) is -1.68. The van der Waals surface area contributed by atoms with Crippen molar-refractivity contribution in [3.8, 4) is 11.8 Å². The fraction of sp³-hybridized carbons (Fsp3) is 0.263. The number of halogens is 4. The maximum absolute atomic E-state index is 14.3. The molecule has 0 aliphatic carbocycles. The summed E-state index contributed by atoms with van der Waals surface area (Å²) in [7, 11) is 1.22. The highest BCUT2D eigenvalue weighted by Gasteiger charge is 2.29. The third-order valence-corrected chi connectivity index (χ3v) is 3.83. The molecular formula is C19H16F4N2O3. The van der Waals surface area contributed by atoms with Gasteiger partial charge in [0.1, 0.15) is 29.0 Å². The van der Waals surface area contributed by atoms with Crippen molar-refractivity contribution in [1.29, 1.82) is 5.26 Å². The van der Waals surface area contributed by atoms with E-state index in [0.29, 0.717) is 0 Å². The Labute approximate surface area is 158 Å². The number of methoxy groups -OCH3 is 1. The second-order valence-electron chi connectivity index (χ2n) is 5.59. The van der Waals surface area contributed by atoms with Crippen LogP contribution in [0.1, 0.15) is 29.7 Å². The van der Waals surface area contributed by atoms with Crippen molar-refractivity contribution in [2.24, 2.45) is 0 Å². The van der Waals surface area contributed by atoms with Crippen LogP contribution in [-0.4, -0.2) is 19.6 Å². The van der Waals surface area contributed by atoms with Crippen molar-refractivity contribution in [3.05, 3.63) is 64.2 Å². The molecule has 0 aliphatic heterocycles. The van der Waals surface area contributed by atoms with Crippen LogP contribution in [-0.2, 0) is 16.1 Å². The van der Waals surface area contributed by atoms with Crippen LogP contribution in [0.2, 0.25) is 0 Å². The van der Waals surface area contributed by atoms with Crippen molar-refractivity contribution in [2.75, 3.05) is 13.7 Å². The lowest BCUT2D eigenvalue weighted by molar-refractivity contribution is -0.133. The highest BCUT2D eigenvalue weighted by molar-refractivity contribution is 5.82. The molecule has 5 nitrogen and oxygen atoms in total. The predicted molar refractivity (Wildman–Crippen MR) is 90.2 cm³/mol. The van der Waals surface area contributed by atoms with E-state index in [0.717, 1.165) is 24.3 Å². The number of hydrogen-bond acceptors (Lipinski definition) is 4. The summed E-state index contributed by atoms with van der Waals surface area (Å²) in [5.41, 5.74) is -1.38. The van der Waals surface area contributed by atoms with E-state index in [4.69, 9.17) is 14.7 Å². The van der Waals surface area contributed by atoms with Gasteiger partial charge in [-0.1, -0.05) is 0 Å². The Hall–Kier alpha value is -3.12. The number of ether oxygens (including phenoxy) is 2. The Kier molecular flexibility index (Phi) is 6.95. The van der Waals surface area contributed by atoms with Crippen LogP contribution in [0.3, 0.4) is 0 Å². The second-order valence-corrected chi connectivity index (χ2v) is 5.59. The molecule has 0 spiro atoms. The molecule has 148 valence electrons. The molecule has 0 radical (unpaired) electrons. The van der Waals surface area contributed by atoms with Crippen LogP contribution in [0, 0.1) is 34.6 Å². The van der Waals surface area contributed by atoms with Gasteiger partial charge in [0.25, 0.3) is 5.91 Å². The molecule has 9 heteroatoms. The molecule has 2 rings (SSSR count). The zero-order valence-electron chi connectivity index (χ0n) is 15.0. The normalized spacial score (nSPS) is 11.6. The molecule has 0 saturated carbocycles. The number of carbonyl (C=O) groups excluding carboxylic acids is 1. The lowest BCUT2D eigenvalue weighted by atomic mass is 10.1. The number of nitrogens with zero attached hydrogens (tertiary/aromatic N) is 1. The van der Waals surface area contributed by atoms with Gasteiger partial charge in [0.15, 0.2) is 6.10 Å². The molecule has 1 amide bonds. The van der Waals surface area contributed by atoms with Crippen molar-refractivity contribution in [3.63, 3.8) is 0 Å². The molecule has 0 unspecified atom stereocenters. The molecule has 0 aliphatic rings. The minimum absolute atomic E-state index is 0.0530. The van der Waals surface area contributed by atoms with E-state index in [9.17, 15) is 22.4 Å². The van der Waals surface area contributed by atoms with Crippen LogP contribution in [0.4, 0.5) is 17.6 Å². The van der Waals surface area contributed by atoms with Crippen LogP contribution < -0.4 is 10.1 Å². The first kappa shape index (κ1) is 21.2. The number of hydrogen-bond donors (Lipinski definition) is 1. The predicted octanol–water partition coefficient (Wildman–Crippen LogP) is 3.52. The van der Waals surface area contributed by atoms with Gasteiger partial charge in [-0.2, -0.15) is 5.26 Å². The SMILES string of the molecule is CCO[C@H](C(=O)NCc1c(F)cc(C#N)cc1F)c1c(F)cc(OC)cc1F. The highest BCUT2D eigenvalue weighted by atomic mass is 19.1. The van der Waals surface area contributed by atoms with Gasteiger partial charge >= 0.3 is 0 Å². The first-order valence-electron chi connectivity index (χ1n) is 8.12. The quantitative estimate of drug-likeness (QED) is 0.727. The largest absolute Gasteiger partial charge is 0.497 e. The van der Waals surface area contributed by atoms with Gasteiger partial charge in [0.2, 0.25) is 0 Å². The van der Waals surface area contributed by atoms with Crippen molar-refractivity contribution in [1.82, 2.24) is 5.32 Å². The van der Waals surface area contributed by atoms with E-state index >= 15 is 0 Å². The molecule has 0 heterocycles. The van der Waals surface area contributed by atoms with Gasteiger partial charge in [0.05, 0.1) is 24.3 Å². The number of amides is 1. The molecule has 2 aromatic carbocycles. The third-order valence-electron chi connectivity index (χ3n) is 3.83. The molecule has 2 aromatic rings. The Bertz CT molecular complexity index is 882. The van der Waals surface area contributed by atoms with Crippen LogP contribution in [0.25, 0.3) is 0 Å². The zero-order valence-corrected chi connectivity index (χ0v) is 15.0. The number of rotatable bonds is 7. The van der Waals surface area contributed by atoms with Crippen molar-refractivity contribution >= 4 is 5.91 Å². The van der Waals surface area contributed by atoms with Crippen molar-refractivity contribution < 1.29 is 31.8 Å². The van der Waals surface area contributed by atoms with E-state index < -0.39 is 53.0 Å². The van der Waals surface area contributed by atoms with Crippen LogP contribution >= 0.6 is 0 Å². The average molecular weight is 396 g/mol. The Morgan fingerprint density at radius 2 is 1.68 bits per heavy atom. The van der Waals surface area contributed by atoms with Gasteiger partial charge < -0.3 is 14.8 Å². The fourth-order valence-corrected chi connectivity index (χ4v) is 2.49. The van der Waals surface area contributed by atoms with E-state index in [-0.39, 0.29) is 17.9 Å². The van der Waals surface area contributed by atoms with E-state index in [1.807, 2.05) is 0 Å². The first-order chi connectivity index (χ1) is 13.3. The molecule has 28 heavy (non-hydrogen) atoms. The van der Waals surface area contributed by atoms with Crippen LogP contribution in [0.15, 0.2) is 24.3 Å². The second kappa shape index (κ2) is 9.19. The molecule has 1 N–H and O–H groups in total. The molecule has 0 fully saturated rings. The Morgan fingerprint density at radius 1 is 1.11 bits per heavy atom. The number of nitriles is 1. The molecule has 0 saturated heterocycles. The number of carbonyl (C=O) groups is 1. The van der Waals surface area contributed by atoms with Crippen molar-refractivity contribution in [2.45, 2.75) is 19.6 Å². The summed E-state index contributed by atoms with van der Waals surface area (Å²) in [5, 5.41) is 10.9. The summed E-state index contributed by atoms with van der Waals surface area (Å²) in [6.45, 7) is 0.854. The van der Waals surface area contributed by atoms with E-state index in [1.54, 1.807) is 6.07 Å². The standard InChI is InChI=1S/C19H16F4N2O3/c1-3-28-18(17-15(22)6-11(27-2)7-16(17)23)19(26)25-9-12-13(20)4-10(8-24)5-14(12)21/h4-7,18H,3,9H2,1-2H3,(H,25,26)/t18-/m0/s1. The summed E-state index contributed by atoms with van der Waals surface area (Å²) in [4.78, 5) is 12.4. The maximum atomic E-state index is 14.3. The summed E-state index contributed by atoms with van der Waals surface area (Å²) >= 11 is 0. The Morgan fingerprint density at radius 3 is 2.14 bits per heavy atom. The van der Waals surface area contributed by atoms with Gasteiger partial charge in [0, 0.05) is 30.8 Å². The fourth-order valence-electron chi connectivity index (χ4n) is 2.49. The number of nitrogens with one attached hydrogen (secondary N) is 1. The summed E-state index contributed by atoms with van der Waals surface area (Å²) in [5.74, 6) is -5.29. The van der Waals surface area contributed by atoms with E-state index in [1.165, 1.54) is 14.0 Å². The monoisotopic (exact) mass is 396 g/mol. The van der Waals surface area contributed by atoms with E-state index in [2.05, 4.69) is 5.32 Å². The average Bonchev–Trinajstić information content (AvgIpc) is 2.65. The molecule has 0 bridgehead atoms. The lowest BCUT2D eigenvalue weighted by Crippen LogP contribution is -2.32. The maximum Gasteiger partial charge on any atom is 0.254 e. The van der Waals surface area contributed by atoms with Gasteiger partial charge in [-0.3, -0.25) is 4.79 Å². The summed E-state index contributed by atoms with van der Waals surface area (Å²) in [6, 6.07) is 5.00. The topological polar surface area (TPSA) is 71.3 Å². The lowest BCUT2D eigenvalue weighted by Gasteiger charge is -2.19. The minimum Gasteiger partial charge on any atom is -0.497 e. The third kappa shape index (κ3) is 4.58. The zero-order chi connectivity index (χ0) is 20.8. The molecule has 0 aromatic heterocycles. The molecular weight excluding hydrogens is 380 g/mol. The molecule has 1 atom stereocenters. The minimum atomic E-state index is -1.68. The number of benzene rings is 2. The van der Waals surface area contributed by atoms with Gasteiger partial charge in [-0.25, -0.2) is 17.6 Å².